The number of rotatable bonds is 4. The van der Waals surface area contributed by atoms with Gasteiger partial charge in [0.2, 0.25) is 0 Å². The van der Waals surface area contributed by atoms with Gasteiger partial charge >= 0.3 is 10.2 Å². The Kier molecular flexibility index (Phi) is 3.99. The van der Waals surface area contributed by atoms with E-state index < -0.39 is 10.2 Å². The molecule has 7 heteroatoms. The highest BCUT2D eigenvalue weighted by Gasteiger charge is 2.16. The highest BCUT2D eigenvalue weighted by Crippen LogP contribution is 2.04. The van der Waals surface area contributed by atoms with E-state index in [-0.39, 0.29) is 6.54 Å². The highest BCUT2D eigenvalue weighted by atomic mass is 32.2. The van der Waals surface area contributed by atoms with Crippen LogP contribution < -0.4 is 15.3 Å². The van der Waals surface area contributed by atoms with Gasteiger partial charge in [-0.05, 0) is 17.7 Å². The number of aromatic nitrogens is 1. The number of pyridine rings is 1. The van der Waals surface area contributed by atoms with Crippen molar-refractivity contribution in [2.45, 2.75) is 6.54 Å². The minimum absolute atomic E-state index is 0.174. The van der Waals surface area contributed by atoms with Gasteiger partial charge in [-0.3, -0.25) is 9.98 Å². The Hall–Kier alpha value is -2.51. The van der Waals surface area contributed by atoms with Crippen molar-refractivity contribution < 1.29 is 8.42 Å². The summed E-state index contributed by atoms with van der Waals surface area (Å²) in [7, 11) is -3.69. The van der Waals surface area contributed by atoms with E-state index in [2.05, 4.69) is 14.7 Å². The van der Waals surface area contributed by atoms with Crippen LogP contribution in [0.25, 0.3) is 6.20 Å². The normalized spacial score (nSPS) is 13.7. The molecule has 0 bridgehead atoms. The third-order valence-corrected chi connectivity index (χ3v) is 4.38. The van der Waals surface area contributed by atoms with Crippen molar-refractivity contribution in [1.82, 2.24) is 14.0 Å². The summed E-state index contributed by atoms with van der Waals surface area (Å²) in [4.78, 5) is 8.17. The van der Waals surface area contributed by atoms with E-state index in [4.69, 9.17) is 0 Å². The molecule has 3 rings (SSSR count). The van der Waals surface area contributed by atoms with E-state index in [1.54, 1.807) is 18.5 Å². The molecular formula is C15H14N4O2S. The van der Waals surface area contributed by atoms with Crippen LogP contribution in [0.3, 0.4) is 0 Å². The topological polar surface area (TPSA) is 74.7 Å². The van der Waals surface area contributed by atoms with Crippen LogP contribution >= 0.6 is 0 Å². The van der Waals surface area contributed by atoms with Gasteiger partial charge in [-0.1, -0.05) is 24.3 Å². The standard InChI is InChI=1S/C15H14N4O2S/c20-22(21,18-11-13-4-3-7-16-10-13)19-9-8-17-15-6-2-1-5-14(15)12-19/h1-10,12,18H,11H2. The molecule has 1 aromatic heterocycles. The van der Waals surface area contributed by atoms with Gasteiger partial charge in [-0.2, -0.15) is 13.1 Å². The number of fused-ring (bicyclic) bond motifs is 1. The van der Waals surface area contributed by atoms with Crippen LogP contribution in [0.1, 0.15) is 5.56 Å². The molecule has 1 aromatic carbocycles. The first kappa shape index (κ1) is 14.4. The van der Waals surface area contributed by atoms with Crippen molar-refractivity contribution in [3.05, 3.63) is 77.3 Å². The van der Waals surface area contributed by atoms with Crippen molar-refractivity contribution in [3.63, 3.8) is 0 Å². The zero-order valence-electron chi connectivity index (χ0n) is 11.6. The molecule has 1 aliphatic rings. The van der Waals surface area contributed by atoms with Crippen molar-refractivity contribution >= 4 is 16.4 Å². The lowest BCUT2D eigenvalue weighted by atomic mass is 10.3. The molecule has 0 saturated carbocycles. The second-order valence-corrected chi connectivity index (χ2v) is 6.29. The fourth-order valence-electron chi connectivity index (χ4n) is 1.97. The third kappa shape index (κ3) is 3.21. The van der Waals surface area contributed by atoms with E-state index in [0.29, 0.717) is 0 Å². The third-order valence-electron chi connectivity index (χ3n) is 3.09. The Morgan fingerprint density at radius 3 is 2.82 bits per heavy atom. The summed E-state index contributed by atoms with van der Waals surface area (Å²) in [6.07, 6.45) is 7.67. The van der Waals surface area contributed by atoms with Crippen LogP contribution in [-0.4, -0.2) is 17.7 Å². The Morgan fingerprint density at radius 2 is 2.00 bits per heavy atom. The minimum Gasteiger partial charge on any atom is -0.264 e. The molecule has 0 saturated heterocycles. The Labute approximate surface area is 128 Å². The summed E-state index contributed by atoms with van der Waals surface area (Å²) in [6, 6.07) is 10.9. The fraction of sp³-hybridized carbons (Fsp3) is 0.0667. The number of benzene rings is 1. The molecule has 112 valence electrons. The second-order valence-electron chi connectivity index (χ2n) is 4.63. The summed E-state index contributed by atoms with van der Waals surface area (Å²) in [6.45, 7) is 0.174. The van der Waals surface area contributed by atoms with Crippen LogP contribution in [0.5, 0.6) is 0 Å². The molecular weight excluding hydrogens is 300 g/mol. The molecule has 2 heterocycles. The number of nitrogens with one attached hydrogen (secondary N) is 1. The summed E-state index contributed by atoms with van der Waals surface area (Å²) in [5.74, 6) is 0. The van der Waals surface area contributed by atoms with Crippen LogP contribution in [0.15, 0.2) is 66.2 Å². The van der Waals surface area contributed by atoms with Gasteiger partial charge < -0.3 is 0 Å². The molecule has 0 aliphatic carbocycles. The first-order valence-electron chi connectivity index (χ1n) is 6.64. The zero-order chi connectivity index (χ0) is 15.4. The number of para-hydroxylation sites is 1. The molecule has 0 spiro atoms. The summed E-state index contributed by atoms with van der Waals surface area (Å²) >= 11 is 0. The molecule has 2 aromatic rings. The van der Waals surface area contributed by atoms with E-state index in [1.807, 2.05) is 30.3 Å². The lowest BCUT2D eigenvalue weighted by Gasteiger charge is -2.15. The molecule has 0 amide bonds. The molecule has 0 fully saturated rings. The minimum atomic E-state index is -3.69. The van der Waals surface area contributed by atoms with Crippen molar-refractivity contribution in [2.24, 2.45) is 4.99 Å². The molecule has 6 nitrogen and oxygen atoms in total. The predicted octanol–water partition coefficient (Wildman–Crippen LogP) is 0.261. The average molecular weight is 314 g/mol. The maximum absolute atomic E-state index is 12.4. The molecule has 0 unspecified atom stereocenters. The highest BCUT2D eigenvalue weighted by molar-refractivity contribution is 7.87. The summed E-state index contributed by atoms with van der Waals surface area (Å²) in [5.41, 5.74) is 0.787. The van der Waals surface area contributed by atoms with E-state index in [9.17, 15) is 8.42 Å². The smallest absolute Gasteiger partial charge is 0.264 e. The molecule has 1 N–H and O–H groups in total. The molecule has 0 atom stereocenters. The van der Waals surface area contributed by atoms with E-state index in [0.717, 1.165) is 20.4 Å². The molecule has 22 heavy (non-hydrogen) atoms. The fourth-order valence-corrected chi connectivity index (χ4v) is 2.94. The lowest BCUT2D eigenvalue weighted by Crippen LogP contribution is -2.36. The van der Waals surface area contributed by atoms with Crippen LogP contribution in [0.2, 0.25) is 0 Å². The quantitative estimate of drug-likeness (QED) is 0.880. The van der Waals surface area contributed by atoms with Gasteiger partial charge in [0.1, 0.15) is 0 Å². The zero-order valence-corrected chi connectivity index (χ0v) is 12.4. The van der Waals surface area contributed by atoms with E-state index >= 15 is 0 Å². The Bertz CT molecular complexity index is 908. The monoisotopic (exact) mass is 314 g/mol. The van der Waals surface area contributed by atoms with Gasteiger partial charge in [0.05, 0.1) is 5.36 Å². The second kappa shape index (κ2) is 6.08. The van der Waals surface area contributed by atoms with Gasteiger partial charge in [0.25, 0.3) is 0 Å². The SMILES string of the molecule is O=S(=O)(NCc1cccnc1)N1C=CN=c2ccccc2=C1. The first-order valence-corrected chi connectivity index (χ1v) is 8.08. The average Bonchev–Trinajstić information content (AvgIpc) is 2.77. The maximum Gasteiger partial charge on any atom is 0.305 e. The Morgan fingerprint density at radius 1 is 1.14 bits per heavy atom. The largest absolute Gasteiger partial charge is 0.305 e. The van der Waals surface area contributed by atoms with E-state index in [1.165, 1.54) is 18.6 Å². The van der Waals surface area contributed by atoms with Gasteiger partial charge in [0.15, 0.2) is 0 Å². The van der Waals surface area contributed by atoms with Crippen LogP contribution in [0, 0.1) is 0 Å². The van der Waals surface area contributed by atoms with Gasteiger partial charge in [0, 0.05) is 42.8 Å². The lowest BCUT2D eigenvalue weighted by molar-refractivity contribution is 0.544. The molecule has 0 radical (unpaired) electrons. The maximum atomic E-state index is 12.4. The van der Waals surface area contributed by atoms with Crippen LogP contribution in [0.4, 0.5) is 0 Å². The van der Waals surface area contributed by atoms with Crippen molar-refractivity contribution in [3.8, 4) is 0 Å². The van der Waals surface area contributed by atoms with Crippen LogP contribution in [-0.2, 0) is 16.8 Å². The first-order chi connectivity index (χ1) is 10.6. The van der Waals surface area contributed by atoms with Gasteiger partial charge in [-0.25, -0.2) is 4.31 Å². The van der Waals surface area contributed by atoms with Crippen molar-refractivity contribution in [2.75, 3.05) is 0 Å². The van der Waals surface area contributed by atoms with Crippen molar-refractivity contribution in [1.29, 1.82) is 0 Å². The number of hydrogen-bond acceptors (Lipinski definition) is 4. The molecule has 1 aliphatic heterocycles. The van der Waals surface area contributed by atoms with Gasteiger partial charge in [-0.15, -0.1) is 0 Å². The summed E-state index contributed by atoms with van der Waals surface area (Å²) in [5, 5.41) is 1.46. The number of hydrogen-bond donors (Lipinski definition) is 1. The Balaban J connectivity index is 1.85. The predicted molar refractivity (Wildman–Crippen MR) is 82.7 cm³/mol. The summed E-state index contributed by atoms with van der Waals surface area (Å²) < 4.78 is 28.4. The number of nitrogens with zero attached hydrogens (tertiary/aromatic N) is 3.